The Kier molecular flexibility index (Phi) is 2.80. The average Bonchev–Trinajstić information content (AvgIpc) is 2.56. The van der Waals surface area contributed by atoms with Gasteiger partial charge in [0.15, 0.2) is 5.78 Å². The first-order valence-electron chi connectivity index (χ1n) is 5.58. The average molecular weight is 220 g/mol. The van der Waals surface area contributed by atoms with Crippen LogP contribution in [0.3, 0.4) is 0 Å². The Morgan fingerprint density at radius 1 is 1.62 bits per heavy atom. The molecule has 2 rings (SSSR count). The van der Waals surface area contributed by atoms with E-state index in [1.54, 1.807) is 12.2 Å². The normalized spacial score (nSPS) is 37.6. The summed E-state index contributed by atoms with van der Waals surface area (Å²) < 4.78 is 5.50. The summed E-state index contributed by atoms with van der Waals surface area (Å²) in [6.45, 7) is 5.82. The molecule has 16 heavy (non-hydrogen) atoms. The molecule has 0 aromatic carbocycles. The largest absolute Gasteiger partial charge is 0.366 e. The van der Waals surface area contributed by atoms with Gasteiger partial charge in [-0.1, -0.05) is 12.2 Å². The molecular weight excluding hydrogens is 204 g/mol. The monoisotopic (exact) mass is 220 g/mol. The van der Waals surface area contributed by atoms with Crippen molar-refractivity contribution in [3.63, 3.8) is 0 Å². The van der Waals surface area contributed by atoms with Crippen molar-refractivity contribution in [2.24, 2.45) is 11.3 Å². The summed E-state index contributed by atoms with van der Waals surface area (Å²) in [6.07, 6.45) is 5.69. The van der Waals surface area contributed by atoms with Gasteiger partial charge in [0.25, 0.3) is 0 Å². The Morgan fingerprint density at radius 3 is 3.06 bits per heavy atom. The Bertz CT molecular complexity index is 369. The van der Waals surface area contributed by atoms with Crippen LogP contribution < -0.4 is 0 Å². The highest BCUT2D eigenvalue weighted by atomic mass is 16.5. The number of carbonyl (C=O) groups excluding carboxylic acids is 2. The third-order valence-electron chi connectivity index (χ3n) is 3.69. The Morgan fingerprint density at radius 2 is 2.38 bits per heavy atom. The van der Waals surface area contributed by atoms with E-state index in [1.807, 2.05) is 6.92 Å². The van der Waals surface area contributed by atoms with Crippen LogP contribution in [0, 0.1) is 11.3 Å². The number of hydrogen-bond acceptors (Lipinski definition) is 3. The number of fused-ring (bicyclic) bond motifs is 1. The highest BCUT2D eigenvalue weighted by Gasteiger charge is 2.51. The minimum absolute atomic E-state index is 0.00236. The van der Waals surface area contributed by atoms with Gasteiger partial charge in [-0.15, -0.1) is 6.58 Å². The molecule has 0 aromatic heterocycles. The van der Waals surface area contributed by atoms with Crippen LogP contribution in [0.4, 0.5) is 0 Å². The Hall–Kier alpha value is -1.22. The molecule has 1 saturated carbocycles. The smallest absolute Gasteiger partial charge is 0.184 e. The second-order valence-electron chi connectivity index (χ2n) is 4.63. The second kappa shape index (κ2) is 3.98. The van der Waals surface area contributed by atoms with Crippen LogP contribution in [-0.4, -0.2) is 24.3 Å². The van der Waals surface area contributed by atoms with Crippen molar-refractivity contribution in [3.05, 3.63) is 24.8 Å². The molecule has 0 N–H and O–H groups in total. The fraction of sp³-hybridized carbons (Fsp3) is 0.538. The summed E-state index contributed by atoms with van der Waals surface area (Å²) in [7, 11) is 0. The van der Waals surface area contributed by atoms with Crippen LogP contribution in [-0.2, 0) is 14.3 Å². The van der Waals surface area contributed by atoms with Gasteiger partial charge in [-0.25, -0.2) is 0 Å². The van der Waals surface area contributed by atoms with E-state index >= 15 is 0 Å². The summed E-state index contributed by atoms with van der Waals surface area (Å²) in [5, 5.41) is 0. The maximum atomic E-state index is 11.8. The maximum absolute atomic E-state index is 11.8. The lowest BCUT2D eigenvalue weighted by Gasteiger charge is -2.35. The van der Waals surface area contributed by atoms with Gasteiger partial charge in [0.05, 0.1) is 12.0 Å². The lowest BCUT2D eigenvalue weighted by Crippen LogP contribution is -2.43. The molecule has 86 valence electrons. The molecule has 3 heteroatoms. The molecule has 0 amide bonds. The molecule has 0 aliphatic heterocycles. The molecule has 1 fully saturated rings. The molecule has 0 saturated heterocycles. The van der Waals surface area contributed by atoms with Crippen molar-refractivity contribution in [1.29, 1.82) is 0 Å². The number of ketones is 2. The van der Waals surface area contributed by atoms with Crippen LogP contribution >= 0.6 is 0 Å². The quantitative estimate of drug-likeness (QED) is 0.680. The number of carbonyl (C=O) groups is 2. The molecule has 2 aliphatic carbocycles. The lowest BCUT2D eigenvalue weighted by molar-refractivity contribution is -0.135. The van der Waals surface area contributed by atoms with Crippen LogP contribution in [0.5, 0.6) is 0 Å². The summed E-state index contributed by atoms with van der Waals surface area (Å²) in [5.74, 6) is 0.185. The van der Waals surface area contributed by atoms with Gasteiger partial charge in [0.2, 0.25) is 0 Å². The topological polar surface area (TPSA) is 43.4 Å². The van der Waals surface area contributed by atoms with Gasteiger partial charge in [-0.2, -0.15) is 0 Å². The van der Waals surface area contributed by atoms with Crippen molar-refractivity contribution in [2.45, 2.75) is 25.9 Å². The van der Waals surface area contributed by atoms with Gasteiger partial charge in [0.1, 0.15) is 11.9 Å². The summed E-state index contributed by atoms with van der Waals surface area (Å²) in [6, 6.07) is 0. The summed E-state index contributed by atoms with van der Waals surface area (Å²) >= 11 is 0. The minimum Gasteiger partial charge on any atom is -0.366 e. The van der Waals surface area contributed by atoms with Gasteiger partial charge >= 0.3 is 0 Å². The van der Waals surface area contributed by atoms with E-state index < -0.39 is 11.5 Å². The second-order valence-corrected chi connectivity index (χ2v) is 4.63. The third kappa shape index (κ3) is 1.55. The highest BCUT2D eigenvalue weighted by Crippen LogP contribution is 2.46. The van der Waals surface area contributed by atoms with Gasteiger partial charge in [-0.3, -0.25) is 9.59 Å². The zero-order valence-corrected chi connectivity index (χ0v) is 9.44. The van der Waals surface area contributed by atoms with Crippen LogP contribution in [0.2, 0.25) is 0 Å². The van der Waals surface area contributed by atoms with Crippen molar-refractivity contribution in [3.8, 4) is 0 Å². The Balaban J connectivity index is 2.27. The van der Waals surface area contributed by atoms with Crippen molar-refractivity contribution < 1.29 is 14.3 Å². The zero-order valence-electron chi connectivity index (χ0n) is 9.44. The molecule has 0 spiro atoms. The van der Waals surface area contributed by atoms with E-state index in [2.05, 4.69) is 6.58 Å². The lowest BCUT2D eigenvalue weighted by atomic mass is 9.71. The molecule has 0 heterocycles. The zero-order chi connectivity index (χ0) is 11.8. The number of hydrogen-bond donors (Lipinski definition) is 0. The van der Waals surface area contributed by atoms with E-state index in [9.17, 15) is 9.59 Å². The van der Waals surface area contributed by atoms with Gasteiger partial charge in [0, 0.05) is 12.3 Å². The van der Waals surface area contributed by atoms with E-state index in [0.717, 1.165) is 6.42 Å². The molecule has 3 atom stereocenters. The van der Waals surface area contributed by atoms with Gasteiger partial charge < -0.3 is 4.74 Å². The fourth-order valence-electron chi connectivity index (χ4n) is 2.66. The molecule has 0 aromatic rings. The molecular formula is C13H16O3. The van der Waals surface area contributed by atoms with Crippen LogP contribution in [0.25, 0.3) is 0 Å². The van der Waals surface area contributed by atoms with Crippen LogP contribution in [0.15, 0.2) is 24.8 Å². The van der Waals surface area contributed by atoms with E-state index in [4.69, 9.17) is 4.74 Å². The Labute approximate surface area is 95.2 Å². The highest BCUT2D eigenvalue weighted by molar-refractivity contribution is 6.00. The fourth-order valence-corrected chi connectivity index (χ4v) is 2.66. The number of ether oxygens (including phenoxy) is 1. The molecule has 0 bridgehead atoms. The first kappa shape index (κ1) is 11.3. The minimum atomic E-state index is -0.500. The molecule has 2 aliphatic rings. The molecule has 3 unspecified atom stereocenters. The standard InChI is InChI=1S/C13H16O3/c1-3-8-16-12-9-4-5-11(15)13(9,2)7-6-10(12)14/h3,6-7,9,12H,1,4-5,8H2,2H3. The summed E-state index contributed by atoms with van der Waals surface area (Å²) in [4.78, 5) is 23.6. The number of rotatable bonds is 3. The molecule has 0 radical (unpaired) electrons. The molecule has 3 nitrogen and oxygen atoms in total. The van der Waals surface area contributed by atoms with Crippen molar-refractivity contribution in [1.82, 2.24) is 0 Å². The maximum Gasteiger partial charge on any atom is 0.184 e. The van der Waals surface area contributed by atoms with Gasteiger partial charge in [-0.05, 0) is 19.4 Å². The van der Waals surface area contributed by atoms with Crippen molar-refractivity contribution >= 4 is 11.6 Å². The SMILES string of the molecule is C=CCOC1C(=O)C=CC2(C)C(=O)CCC12. The van der Waals surface area contributed by atoms with E-state index in [1.165, 1.54) is 6.08 Å². The number of Topliss-reactive ketones (excluding diaryl/α,β-unsaturated/α-hetero) is 1. The first-order chi connectivity index (χ1) is 7.59. The predicted octanol–water partition coefficient (Wildman–Crippen LogP) is 1.68. The predicted molar refractivity (Wildman–Crippen MR) is 59.9 cm³/mol. The van der Waals surface area contributed by atoms with E-state index in [0.29, 0.717) is 13.0 Å². The summed E-state index contributed by atoms with van der Waals surface area (Å²) in [5.41, 5.74) is -0.500. The number of allylic oxidation sites excluding steroid dienone is 1. The van der Waals surface area contributed by atoms with Crippen molar-refractivity contribution in [2.75, 3.05) is 6.61 Å². The third-order valence-corrected chi connectivity index (χ3v) is 3.69. The first-order valence-corrected chi connectivity index (χ1v) is 5.58. The van der Waals surface area contributed by atoms with E-state index in [-0.39, 0.29) is 17.5 Å². The van der Waals surface area contributed by atoms with Crippen LogP contribution in [0.1, 0.15) is 19.8 Å².